The number of rotatable bonds is 8. The molecule has 0 aliphatic carbocycles. The van der Waals surface area contributed by atoms with Crippen LogP contribution in [0.3, 0.4) is 0 Å². The van der Waals surface area contributed by atoms with Gasteiger partial charge < -0.3 is 19.8 Å². The largest absolute Gasteiger partial charge is 3.00 e. The molecule has 243 valence electrons. The van der Waals surface area contributed by atoms with Gasteiger partial charge in [-0.3, -0.25) is 19.8 Å². The molecule has 0 atom stereocenters. The average molecular weight is 718 g/mol. The Labute approximate surface area is 317 Å². The van der Waals surface area contributed by atoms with E-state index in [2.05, 4.69) is 30.7 Å². The number of azo groups is 2. The number of carbonyl (C=O) groups is 2. The molecular weight excluding hydrogens is 691 g/mol. The molecule has 2 heterocycles. The minimum atomic E-state index is -1.35. The van der Waals surface area contributed by atoms with Crippen LogP contribution in [0.1, 0.15) is 32.1 Å². The number of aromatic carboxylic acids is 2. The smallest absolute Gasteiger partial charge is 0.545 e. The number of hydrogen-bond acceptors (Lipinski definition) is 10. The van der Waals surface area contributed by atoms with Crippen molar-refractivity contribution in [3.63, 3.8) is 0 Å². The van der Waals surface area contributed by atoms with Gasteiger partial charge >= 0.3 is 46.9 Å². The molecule has 0 spiro atoms. The van der Waals surface area contributed by atoms with Crippen molar-refractivity contribution < 1.29 is 66.7 Å². The topological polar surface area (TPSA) is 205 Å². The molecule has 6 rings (SSSR count). The standard InChI is InChI=1S/2C17H14N4O3.Cr.Na/c2*1-11-15(16(22)21(20-11)12-7-3-2-4-8-12)19-18-14-10-6-5-9-13(14)17(23)24;;/h2*2-10,20H,1H3,(H,23,24);;/q;;+3;+1/p-2. The van der Waals surface area contributed by atoms with E-state index >= 15 is 0 Å². The predicted octanol–water partition coefficient (Wildman–Crippen LogP) is 1.51. The molecule has 1 radical (unpaired) electrons. The summed E-state index contributed by atoms with van der Waals surface area (Å²) in [6, 6.07) is 30.2. The maximum atomic E-state index is 12.5. The van der Waals surface area contributed by atoms with Gasteiger partial charge in [-0.05, 0) is 50.2 Å². The van der Waals surface area contributed by atoms with Crippen LogP contribution < -0.4 is 50.9 Å². The molecule has 4 aromatic carbocycles. The first-order chi connectivity index (χ1) is 23.2. The molecule has 2 aromatic heterocycles. The number of aromatic amines is 2. The van der Waals surface area contributed by atoms with E-state index in [0.29, 0.717) is 22.8 Å². The van der Waals surface area contributed by atoms with Crippen molar-refractivity contribution in [3.8, 4) is 11.4 Å². The van der Waals surface area contributed by atoms with Crippen molar-refractivity contribution in [2.45, 2.75) is 13.8 Å². The zero-order valence-corrected chi connectivity index (χ0v) is 30.2. The zero-order valence-electron chi connectivity index (χ0n) is 26.9. The fourth-order valence-corrected chi connectivity index (χ4v) is 4.50. The summed E-state index contributed by atoms with van der Waals surface area (Å²) in [5.74, 6) is -2.70. The fraction of sp³-hybridized carbons (Fsp3) is 0.0588. The van der Waals surface area contributed by atoms with Crippen LogP contribution in [-0.2, 0) is 17.4 Å². The summed E-state index contributed by atoms with van der Waals surface area (Å²) in [6.45, 7) is 3.39. The van der Waals surface area contributed by atoms with Crippen LogP contribution in [0.4, 0.5) is 22.7 Å². The minimum absolute atomic E-state index is 0. The van der Waals surface area contributed by atoms with Crippen LogP contribution in [0.15, 0.2) is 139 Å². The summed E-state index contributed by atoms with van der Waals surface area (Å²) in [6.07, 6.45) is 0. The summed E-state index contributed by atoms with van der Waals surface area (Å²) in [5, 5.41) is 43.7. The molecule has 6 aromatic rings. The van der Waals surface area contributed by atoms with Gasteiger partial charge in [0.1, 0.15) is 0 Å². The van der Waals surface area contributed by atoms with Crippen LogP contribution in [0.25, 0.3) is 11.4 Å². The van der Waals surface area contributed by atoms with E-state index in [1.165, 1.54) is 33.6 Å². The number of nitrogens with zero attached hydrogens (tertiary/aromatic N) is 6. The van der Waals surface area contributed by atoms with Gasteiger partial charge in [0.05, 0.1) is 46.1 Å². The van der Waals surface area contributed by atoms with Crippen molar-refractivity contribution in [2.75, 3.05) is 0 Å². The third-order valence-electron chi connectivity index (χ3n) is 6.87. The Hall–Kier alpha value is -5.43. The van der Waals surface area contributed by atoms with E-state index in [0.717, 1.165) is 0 Å². The van der Waals surface area contributed by atoms with Gasteiger partial charge in [-0.2, -0.15) is 0 Å². The number of carbonyl (C=O) groups excluding carboxylic acids is 2. The molecule has 16 heteroatoms. The van der Waals surface area contributed by atoms with Gasteiger partial charge in [0.15, 0.2) is 11.4 Å². The number of aryl methyl sites for hydroxylation is 2. The monoisotopic (exact) mass is 717 g/mol. The van der Waals surface area contributed by atoms with E-state index in [4.69, 9.17) is 0 Å². The van der Waals surface area contributed by atoms with Crippen molar-refractivity contribution in [1.29, 1.82) is 0 Å². The number of nitrogens with one attached hydrogen (secondary N) is 2. The summed E-state index contributed by atoms with van der Waals surface area (Å²) >= 11 is 0. The maximum absolute atomic E-state index is 12.5. The summed E-state index contributed by atoms with van der Waals surface area (Å²) < 4.78 is 2.71. The third kappa shape index (κ3) is 8.97. The van der Waals surface area contributed by atoms with E-state index in [-0.39, 0.29) is 91.9 Å². The molecule has 50 heavy (non-hydrogen) atoms. The van der Waals surface area contributed by atoms with Crippen LogP contribution >= 0.6 is 0 Å². The molecular formula is C34H26CrN8NaO6+2. The zero-order chi connectivity index (χ0) is 34.2. The van der Waals surface area contributed by atoms with Crippen LogP contribution in [0, 0.1) is 13.8 Å². The summed E-state index contributed by atoms with van der Waals surface area (Å²) in [4.78, 5) is 47.1. The first kappa shape index (κ1) is 39.0. The van der Waals surface area contributed by atoms with Gasteiger partial charge in [-0.15, -0.1) is 20.5 Å². The van der Waals surface area contributed by atoms with Gasteiger partial charge in [0.25, 0.3) is 11.1 Å². The Morgan fingerprint density at radius 1 is 0.540 bits per heavy atom. The molecule has 0 saturated carbocycles. The maximum Gasteiger partial charge on any atom is 3.00 e. The molecule has 0 amide bonds. The molecule has 0 aliphatic rings. The van der Waals surface area contributed by atoms with E-state index in [1.807, 2.05) is 36.4 Å². The van der Waals surface area contributed by atoms with E-state index in [9.17, 15) is 29.4 Å². The SMILES string of the molecule is Cc1[nH]n(-c2ccccc2)c(=O)c1N=Nc1ccccc1C(=O)[O-].Cc1[nH]n(-c2ccccc2)c(=O)c1N=Nc1ccccc1C(=O)[O-].[Cr+3].[Na+]. The Balaban J connectivity index is 0.000000260. The number of hydrogen-bond donors (Lipinski definition) is 2. The van der Waals surface area contributed by atoms with E-state index in [1.54, 1.807) is 62.4 Å². The quantitative estimate of drug-likeness (QED) is 0.176. The van der Waals surface area contributed by atoms with Crippen molar-refractivity contribution >= 4 is 34.7 Å². The number of aromatic nitrogens is 4. The third-order valence-corrected chi connectivity index (χ3v) is 6.87. The molecule has 0 fully saturated rings. The first-order valence-electron chi connectivity index (χ1n) is 14.3. The van der Waals surface area contributed by atoms with E-state index < -0.39 is 11.9 Å². The van der Waals surface area contributed by atoms with Crippen molar-refractivity contribution in [2.24, 2.45) is 20.5 Å². The molecule has 0 saturated heterocycles. The molecule has 0 bridgehead atoms. The Bertz CT molecular complexity index is 2120. The Morgan fingerprint density at radius 2 is 0.860 bits per heavy atom. The molecule has 0 unspecified atom stereocenters. The van der Waals surface area contributed by atoms with Crippen LogP contribution in [0.2, 0.25) is 0 Å². The predicted molar refractivity (Wildman–Crippen MR) is 172 cm³/mol. The summed E-state index contributed by atoms with van der Waals surface area (Å²) in [7, 11) is 0. The molecule has 2 N–H and O–H groups in total. The number of H-pyrrole nitrogens is 2. The van der Waals surface area contributed by atoms with Gasteiger partial charge in [-0.1, -0.05) is 72.8 Å². The van der Waals surface area contributed by atoms with Gasteiger partial charge in [0, 0.05) is 11.1 Å². The Kier molecular flexibility index (Phi) is 13.9. The number of carboxylic acids is 2. The average Bonchev–Trinajstić information content (AvgIpc) is 3.55. The summed E-state index contributed by atoms with van der Waals surface area (Å²) in [5.41, 5.74) is 1.98. The van der Waals surface area contributed by atoms with Crippen LogP contribution in [-0.4, -0.2) is 31.5 Å². The normalized spacial score (nSPS) is 10.6. The molecule has 0 aliphatic heterocycles. The first-order valence-corrected chi connectivity index (χ1v) is 14.3. The number of carboxylic acid groups (broad SMARTS) is 2. The number of benzene rings is 4. The second-order valence-corrected chi connectivity index (χ2v) is 10.1. The number of para-hydroxylation sites is 2. The van der Waals surface area contributed by atoms with Crippen molar-refractivity contribution in [1.82, 2.24) is 19.6 Å². The van der Waals surface area contributed by atoms with Crippen LogP contribution in [0.5, 0.6) is 0 Å². The second kappa shape index (κ2) is 17.8. The fourth-order valence-electron chi connectivity index (χ4n) is 4.50. The van der Waals surface area contributed by atoms with Crippen molar-refractivity contribution in [3.05, 3.63) is 152 Å². The molecule has 14 nitrogen and oxygen atoms in total. The Morgan fingerprint density at radius 3 is 1.20 bits per heavy atom. The second-order valence-electron chi connectivity index (χ2n) is 10.1. The minimum Gasteiger partial charge on any atom is -0.545 e. The van der Waals surface area contributed by atoms with Gasteiger partial charge in [0.2, 0.25) is 0 Å². The van der Waals surface area contributed by atoms with Gasteiger partial charge in [-0.25, -0.2) is 9.36 Å².